The van der Waals surface area contributed by atoms with Crippen LogP contribution in [0.5, 0.6) is 0 Å². The summed E-state index contributed by atoms with van der Waals surface area (Å²) in [6, 6.07) is 11.1. The second-order valence-electron chi connectivity index (χ2n) is 6.48. The molecule has 1 aliphatic heterocycles. The van der Waals surface area contributed by atoms with Crippen molar-refractivity contribution >= 4 is 5.91 Å². The van der Waals surface area contributed by atoms with Gasteiger partial charge in [-0.05, 0) is 24.3 Å². The van der Waals surface area contributed by atoms with Crippen LogP contribution in [-0.4, -0.2) is 48.9 Å². The predicted molar refractivity (Wildman–Crippen MR) is 96.6 cm³/mol. The van der Waals surface area contributed by atoms with Crippen LogP contribution in [-0.2, 0) is 24.9 Å². The third-order valence-electron chi connectivity index (χ3n) is 4.58. The first kappa shape index (κ1) is 17.3. The van der Waals surface area contributed by atoms with Crippen LogP contribution in [0.15, 0.2) is 48.8 Å². The molecule has 8 heteroatoms. The molecule has 138 valence electrons. The number of hydrogen-bond donors (Lipinski definition) is 0. The van der Waals surface area contributed by atoms with Crippen LogP contribution in [0.4, 0.5) is 0 Å². The number of nitrogens with zero attached hydrogens (tertiary/aromatic N) is 6. The largest absolute Gasteiger partial charge is 0.374 e. The summed E-state index contributed by atoms with van der Waals surface area (Å²) < 4.78 is 7.66. The molecule has 1 atom stereocenters. The molecule has 0 saturated heterocycles. The van der Waals surface area contributed by atoms with Gasteiger partial charge in [-0.15, -0.1) is 5.10 Å². The first-order valence-corrected chi connectivity index (χ1v) is 8.79. The van der Waals surface area contributed by atoms with E-state index in [9.17, 15) is 4.79 Å². The van der Waals surface area contributed by atoms with Crippen LogP contribution in [0, 0.1) is 0 Å². The minimum absolute atomic E-state index is 0.00914. The van der Waals surface area contributed by atoms with Gasteiger partial charge in [0.15, 0.2) is 0 Å². The van der Waals surface area contributed by atoms with E-state index in [4.69, 9.17) is 4.74 Å². The number of amides is 1. The van der Waals surface area contributed by atoms with E-state index in [-0.39, 0.29) is 11.8 Å². The van der Waals surface area contributed by atoms with E-state index in [1.807, 2.05) is 31.3 Å². The summed E-state index contributed by atoms with van der Waals surface area (Å²) in [5.74, 6) is -0.119. The Morgan fingerprint density at radius 1 is 1.19 bits per heavy atom. The van der Waals surface area contributed by atoms with Gasteiger partial charge in [-0.2, -0.15) is 0 Å². The molecule has 0 N–H and O–H groups in total. The topological polar surface area (TPSA) is 86.0 Å². The lowest BCUT2D eigenvalue weighted by Crippen LogP contribution is -2.40. The molecule has 0 spiro atoms. The minimum Gasteiger partial charge on any atom is -0.374 e. The van der Waals surface area contributed by atoms with Gasteiger partial charge >= 0.3 is 0 Å². The van der Waals surface area contributed by atoms with E-state index in [1.54, 1.807) is 34.1 Å². The summed E-state index contributed by atoms with van der Waals surface area (Å²) in [6.07, 6.45) is 3.37. The summed E-state index contributed by atoms with van der Waals surface area (Å²) in [5, 5.41) is 8.36. The molecule has 0 aliphatic carbocycles. The van der Waals surface area contributed by atoms with Crippen molar-refractivity contribution in [3.63, 3.8) is 0 Å². The standard InChI is InChI=1S/C19H20N6O2/c1-24-18-14(12-27-13-15-6-2-4-8-20-15)10-25(11-17(18)22-23-24)19(26)16-7-3-5-9-21-16/h2-9,14H,10-13H2,1H3/t14-/m0/s1. The minimum atomic E-state index is -0.110. The lowest BCUT2D eigenvalue weighted by atomic mass is 9.98. The molecule has 0 fully saturated rings. The number of carbonyl (C=O) groups is 1. The third-order valence-corrected chi connectivity index (χ3v) is 4.58. The molecule has 3 aromatic heterocycles. The Morgan fingerprint density at radius 2 is 2.00 bits per heavy atom. The number of hydrogen-bond acceptors (Lipinski definition) is 6. The van der Waals surface area contributed by atoms with E-state index >= 15 is 0 Å². The highest BCUT2D eigenvalue weighted by Crippen LogP contribution is 2.27. The zero-order valence-electron chi connectivity index (χ0n) is 15.0. The fourth-order valence-electron chi connectivity index (χ4n) is 3.34. The fourth-order valence-corrected chi connectivity index (χ4v) is 3.34. The van der Waals surface area contributed by atoms with Crippen molar-refractivity contribution in [3.05, 3.63) is 71.6 Å². The normalized spacial score (nSPS) is 16.2. The predicted octanol–water partition coefficient (Wildman–Crippen LogP) is 1.56. The Kier molecular flexibility index (Phi) is 4.88. The third kappa shape index (κ3) is 3.70. The van der Waals surface area contributed by atoms with Crippen molar-refractivity contribution in [2.75, 3.05) is 13.2 Å². The van der Waals surface area contributed by atoms with Crippen LogP contribution < -0.4 is 0 Å². The Bertz CT molecular complexity index is 912. The van der Waals surface area contributed by atoms with Crippen LogP contribution in [0.25, 0.3) is 0 Å². The summed E-state index contributed by atoms with van der Waals surface area (Å²) in [5.41, 5.74) is 3.12. The second kappa shape index (κ2) is 7.63. The molecular formula is C19H20N6O2. The van der Waals surface area contributed by atoms with Crippen LogP contribution in [0.3, 0.4) is 0 Å². The van der Waals surface area contributed by atoms with Gasteiger partial charge in [-0.1, -0.05) is 17.3 Å². The number of carbonyl (C=O) groups excluding carboxylic acids is 1. The number of fused-ring (bicyclic) bond motifs is 1. The highest BCUT2D eigenvalue weighted by Gasteiger charge is 2.33. The SMILES string of the molecule is Cn1nnc2c1[C@H](COCc1ccccn1)CN(C(=O)c1ccccn1)C2. The maximum absolute atomic E-state index is 12.8. The van der Waals surface area contributed by atoms with E-state index in [0.29, 0.717) is 32.0 Å². The zero-order chi connectivity index (χ0) is 18.6. The van der Waals surface area contributed by atoms with Crippen molar-refractivity contribution in [2.24, 2.45) is 7.05 Å². The molecule has 4 rings (SSSR count). The van der Waals surface area contributed by atoms with Crippen LogP contribution >= 0.6 is 0 Å². The first-order chi connectivity index (χ1) is 13.2. The van der Waals surface area contributed by atoms with E-state index in [0.717, 1.165) is 17.1 Å². The number of aromatic nitrogens is 5. The number of ether oxygens (including phenoxy) is 1. The van der Waals surface area contributed by atoms with Gasteiger partial charge in [0.25, 0.3) is 5.91 Å². The molecule has 0 aromatic carbocycles. The van der Waals surface area contributed by atoms with Gasteiger partial charge in [-0.25, -0.2) is 0 Å². The average molecular weight is 364 g/mol. The lowest BCUT2D eigenvalue weighted by molar-refractivity contribution is 0.0598. The van der Waals surface area contributed by atoms with Crippen molar-refractivity contribution < 1.29 is 9.53 Å². The molecule has 27 heavy (non-hydrogen) atoms. The second-order valence-corrected chi connectivity index (χ2v) is 6.48. The summed E-state index contributed by atoms with van der Waals surface area (Å²) in [4.78, 5) is 23.0. The Hall–Kier alpha value is -3.13. The van der Waals surface area contributed by atoms with Crippen molar-refractivity contribution in [3.8, 4) is 0 Å². The van der Waals surface area contributed by atoms with Crippen LogP contribution in [0.2, 0.25) is 0 Å². The van der Waals surface area contributed by atoms with Crippen LogP contribution in [0.1, 0.15) is 33.5 Å². The van der Waals surface area contributed by atoms with E-state index in [1.165, 1.54) is 0 Å². The molecular weight excluding hydrogens is 344 g/mol. The zero-order valence-corrected chi connectivity index (χ0v) is 15.0. The fraction of sp³-hybridized carbons (Fsp3) is 0.316. The maximum Gasteiger partial charge on any atom is 0.272 e. The first-order valence-electron chi connectivity index (χ1n) is 8.79. The number of aryl methyl sites for hydroxylation is 1. The highest BCUT2D eigenvalue weighted by atomic mass is 16.5. The van der Waals surface area contributed by atoms with Gasteiger partial charge in [0.2, 0.25) is 0 Å². The summed E-state index contributed by atoms with van der Waals surface area (Å²) in [6.45, 7) is 1.84. The molecule has 1 aliphatic rings. The smallest absolute Gasteiger partial charge is 0.272 e. The van der Waals surface area contributed by atoms with Crippen molar-refractivity contribution in [2.45, 2.75) is 19.1 Å². The van der Waals surface area contributed by atoms with Gasteiger partial charge in [-0.3, -0.25) is 19.4 Å². The molecule has 3 aromatic rings. The molecule has 8 nitrogen and oxygen atoms in total. The van der Waals surface area contributed by atoms with Crippen molar-refractivity contribution in [1.29, 1.82) is 0 Å². The Labute approximate surface area is 156 Å². The average Bonchev–Trinajstić information content (AvgIpc) is 3.10. The Morgan fingerprint density at radius 3 is 2.74 bits per heavy atom. The molecule has 0 radical (unpaired) electrons. The molecule has 1 amide bonds. The van der Waals surface area contributed by atoms with Gasteiger partial charge in [0.05, 0.1) is 31.1 Å². The van der Waals surface area contributed by atoms with Gasteiger partial charge in [0, 0.05) is 31.9 Å². The Balaban J connectivity index is 1.49. The molecule has 0 saturated carbocycles. The maximum atomic E-state index is 12.8. The lowest BCUT2D eigenvalue weighted by Gasteiger charge is -2.32. The molecule has 0 unspecified atom stereocenters. The summed E-state index contributed by atoms with van der Waals surface area (Å²) in [7, 11) is 1.87. The van der Waals surface area contributed by atoms with E-state index in [2.05, 4.69) is 20.3 Å². The highest BCUT2D eigenvalue weighted by molar-refractivity contribution is 5.92. The monoisotopic (exact) mass is 364 g/mol. The van der Waals surface area contributed by atoms with Crippen molar-refractivity contribution in [1.82, 2.24) is 29.9 Å². The quantitative estimate of drug-likeness (QED) is 0.683. The molecule has 0 bridgehead atoms. The summed E-state index contributed by atoms with van der Waals surface area (Å²) >= 11 is 0. The van der Waals surface area contributed by atoms with Gasteiger partial charge < -0.3 is 9.64 Å². The van der Waals surface area contributed by atoms with E-state index < -0.39 is 0 Å². The number of pyridine rings is 2. The van der Waals surface area contributed by atoms with Gasteiger partial charge in [0.1, 0.15) is 11.4 Å². The number of rotatable bonds is 5. The molecule has 4 heterocycles.